The van der Waals surface area contributed by atoms with Crippen LogP contribution in [0.3, 0.4) is 0 Å². The highest BCUT2D eigenvalue weighted by Gasteiger charge is 2.23. The first-order valence-corrected chi connectivity index (χ1v) is 7.37. The summed E-state index contributed by atoms with van der Waals surface area (Å²) in [5.41, 5.74) is 0. The summed E-state index contributed by atoms with van der Waals surface area (Å²) in [6.07, 6.45) is 2.75. The Bertz CT molecular complexity index is 666. The van der Waals surface area contributed by atoms with E-state index in [0.29, 0.717) is 4.47 Å². The normalized spacial score (nSPS) is 11.5. The lowest BCUT2D eigenvalue weighted by atomic mass is 10.5. The van der Waals surface area contributed by atoms with Gasteiger partial charge in [0, 0.05) is 17.7 Å². The van der Waals surface area contributed by atoms with E-state index in [1.807, 2.05) is 0 Å². The summed E-state index contributed by atoms with van der Waals surface area (Å²) in [5.74, 6) is 0.196. The Morgan fingerprint density at radius 2 is 2.22 bits per heavy atom. The number of hydrogen-bond acceptors (Lipinski definition) is 4. The molecule has 0 atom stereocenters. The van der Waals surface area contributed by atoms with Gasteiger partial charge in [0.2, 0.25) is 0 Å². The van der Waals surface area contributed by atoms with Crippen molar-refractivity contribution in [2.75, 3.05) is 4.72 Å². The van der Waals surface area contributed by atoms with Crippen LogP contribution in [0.2, 0.25) is 5.02 Å². The molecule has 2 heterocycles. The van der Waals surface area contributed by atoms with Crippen molar-refractivity contribution in [2.45, 2.75) is 5.03 Å². The predicted molar refractivity (Wildman–Crippen MR) is 71.0 cm³/mol. The van der Waals surface area contributed by atoms with Crippen LogP contribution in [0.1, 0.15) is 0 Å². The van der Waals surface area contributed by atoms with Crippen LogP contribution in [0.25, 0.3) is 0 Å². The maximum Gasteiger partial charge on any atom is 0.281 e. The fraction of sp³-hybridized carbons (Fsp3) is 0.111. The van der Waals surface area contributed by atoms with E-state index >= 15 is 0 Å². The molecule has 0 amide bonds. The minimum Gasteiger partial charge on any atom is -0.262 e. The van der Waals surface area contributed by atoms with Gasteiger partial charge in [-0.3, -0.25) is 9.40 Å². The molecule has 9 heteroatoms. The van der Waals surface area contributed by atoms with Crippen LogP contribution in [-0.2, 0) is 17.1 Å². The molecule has 0 unspecified atom stereocenters. The molecule has 96 valence electrons. The summed E-state index contributed by atoms with van der Waals surface area (Å²) in [5, 5.41) is 3.73. The Labute approximate surface area is 117 Å². The second kappa shape index (κ2) is 4.87. The van der Waals surface area contributed by atoms with E-state index in [1.54, 1.807) is 12.1 Å². The van der Waals surface area contributed by atoms with Crippen molar-refractivity contribution >= 4 is 43.4 Å². The van der Waals surface area contributed by atoms with Crippen LogP contribution in [0.5, 0.6) is 0 Å². The van der Waals surface area contributed by atoms with Gasteiger partial charge in [0.25, 0.3) is 10.0 Å². The maximum absolute atomic E-state index is 12.1. The number of sulfonamides is 1. The number of pyridine rings is 1. The third-order valence-corrected chi connectivity index (χ3v) is 4.41. The Balaban J connectivity index is 2.39. The molecule has 2 aromatic heterocycles. The molecule has 0 aliphatic carbocycles. The zero-order chi connectivity index (χ0) is 13.3. The number of aryl methyl sites for hydroxylation is 1. The van der Waals surface area contributed by atoms with Crippen LogP contribution in [0.4, 0.5) is 5.82 Å². The van der Waals surface area contributed by atoms with Crippen molar-refractivity contribution in [3.63, 3.8) is 0 Å². The second-order valence-electron chi connectivity index (χ2n) is 3.39. The SMILES string of the molecule is Cn1ncc(Cl)c1S(=O)(=O)Nc1cc(Br)ccn1. The lowest BCUT2D eigenvalue weighted by Gasteiger charge is -2.07. The molecule has 0 radical (unpaired) electrons. The van der Waals surface area contributed by atoms with Crippen molar-refractivity contribution in [1.29, 1.82) is 0 Å². The fourth-order valence-electron chi connectivity index (χ4n) is 1.35. The number of hydrogen-bond donors (Lipinski definition) is 1. The highest BCUT2D eigenvalue weighted by Crippen LogP contribution is 2.22. The largest absolute Gasteiger partial charge is 0.281 e. The van der Waals surface area contributed by atoms with Gasteiger partial charge in [0.15, 0.2) is 5.03 Å². The molecule has 6 nitrogen and oxygen atoms in total. The van der Waals surface area contributed by atoms with Gasteiger partial charge in [-0.25, -0.2) is 4.98 Å². The number of nitrogens with one attached hydrogen (secondary N) is 1. The van der Waals surface area contributed by atoms with Crippen LogP contribution in [0, 0.1) is 0 Å². The van der Waals surface area contributed by atoms with Gasteiger partial charge >= 0.3 is 0 Å². The average molecular weight is 352 g/mol. The van der Waals surface area contributed by atoms with Gasteiger partial charge < -0.3 is 0 Å². The number of halogens is 2. The van der Waals surface area contributed by atoms with E-state index in [9.17, 15) is 8.42 Å². The molecule has 0 spiro atoms. The van der Waals surface area contributed by atoms with Gasteiger partial charge in [-0.05, 0) is 12.1 Å². The van der Waals surface area contributed by atoms with E-state index in [4.69, 9.17) is 11.6 Å². The Hall–Kier alpha value is -1.12. The molecule has 0 aliphatic rings. The lowest BCUT2D eigenvalue weighted by molar-refractivity contribution is 0.582. The van der Waals surface area contributed by atoms with Crippen molar-refractivity contribution in [1.82, 2.24) is 14.8 Å². The number of aromatic nitrogens is 3. The Morgan fingerprint density at radius 1 is 1.50 bits per heavy atom. The lowest BCUT2D eigenvalue weighted by Crippen LogP contribution is -2.17. The topological polar surface area (TPSA) is 76.9 Å². The standard InChI is InChI=1S/C9H8BrClN4O2S/c1-15-9(7(11)5-13-15)18(16,17)14-8-4-6(10)2-3-12-8/h2-5H,1H3,(H,12,14). The fourth-order valence-corrected chi connectivity index (χ4v) is 3.34. The summed E-state index contributed by atoms with van der Waals surface area (Å²) in [7, 11) is -2.32. The van der Waals surface area contributed by atoms with E-state index in [-0.39, 0.29) is 15.9 Å². The highest BCUT2D eigenvalue weighted by atomic mass is 79.9. The first kappa shape index (κ1) is 13.3. The number of rotatable bonds is 3. The van der Waals surface area contributed by atoms with Crippen LogP contribution < -0.4 is 4.72 Å². The van der Waals surface area contributed by atoms with E-state index in [2.05, 4.69) is 30.7 Å². The van der Waals surface area contributed by atoms with E-state index in [0.717, 1.165) is 0 Å². The quantitative estimate of drug-likeness (QED) is 0.918. The zero-order valence-corrected chi connectivity index (χ0v) is 12.3. The average Bonchev–Trinajstić information content (AvgIpc) is 2.58. The molecule has 2 rings (SSSR count). The van der Waals surface area contributed by atoms with Crippen molar-refractivity contribution in [3.8, 4) is 0 Å². The van der Waals surface area contributed by atoms with Gasteiger partial charge in [0.1, 0.15) is 5.82 Å². The second-order valence-corrected chi connectivity index (χ2v) is 6.31. The minimum absolute atomic E-state index is 0.0556. The number of anilines is 1. The third kappa shape index (κ3) is 2.65. The molecule has 0 fully saturated rings. The molecule has 0 aliphatic heterocycles. The van der Waals surface area contributed by atoms with Gasteiger partial charge in [0.05, 0.1) is 11.2 Å². The van der Waals surface area contributed by atoms with Gasteiger partial charge in [-0.1, -0.05) is 27.5 Å². The molecule has 2 aromatic rings. The first-order chi connectivity index (χ1) is 8.40. The summed E-state index contributed by atoms with van der Waals surface area (Å²) in [6, 6.07) is 3.23. The monoisotopic (exact) mass is 350 g/mol. The summed E-state index contributed by atoms with van der Waals surface area (Å²) in [6.45, 7) is 0. The van der Waals surface area contributed by atoms with Gasteiger partial charge in [-0.2, -0.15) is 13.5 Å². The van der Waals surface area contributed by atoms with Gasteiger partial charge in [-0.15, -0.1) is 0 Å². The van der Waals surface area contributed by atoms with Crippen LogP contribution in [0.15, 0.2) is 34.0 Å². The molecule has 0 aromatic carbocycles. The predicted octanol–water partition coefficient (Wildman–Crippen LogP) is 2.03. The molecular weight excluding hydrogens is 344 g/mol. The zero-order valence-electron chi connectivity index (χ0n) is 9.13. The minimum atomic E-state index is -3.81. The van der Waals surface area contributed by atoms with Crippen LogP contribution in [-0.4, -0.2) is 23.2 Å². The molecule has 0 saturated carbocycles. The highest BCUT2D eigenvalue weighted by molar-refractivity contribution is 9.10. The summed E-state index contributed by atoms with van der Waals surface area (Å²) in [4.78, 5) is 3.90. The van der Waals surface area contributed by atoms with E-state index < -0.39 is 10.0 Å². The molecule has 0 bridgehead atoms. The number of nitrogens with zero attached hydrogens (tertiary/aromatic N) is 3. The smallest absolute Gasteiger partial charge is 0.262 e. The van der Waals surface area contributed by atoms with Crippen LogP contribution >= 0.6 is 27.5 Å². The summed E-state index contributed by atoms with van der Waals surface area (Å²) < 4.78 is 28.4. The first-order valence-electron chi connectivity index (χ1n) is 4.72. The van der Waals surface area contributed by atoms with Crippen molar-refractivity contribution < 1.29 is 8.42 Å². The van der Waals surface area contributed by atoms with Crippen molar-refractivity contribution in [3.05, 3.63) is 34.0 Å². The summed E-state index contributed by atoms with van der Waals surface area (Å²) >= 11 is 9.02. The van der Waals surface area contributed by atoms with E-state index in [1.165, 1.54) is 24.1 Å². The molecular formula is C9H8BrClN4O2S. The molecule has 0 saturated heterocycles. The Kier molecular flexibility index (Phi) is 3.60. The maximum atomic E-state index is 12.1. The third-order valence-electron chi connectivity index (χ3n) is 2.06. The van der Waals surface area contributed by atoms with Crippen molar-refractivity contribution in [2.24, 2.45) is 7.05 Å². The Morgan fingerprint density at radius 3 is 2.78 bits per heavy atom. The molecule has 1 N–H and O–H groups in total. The molecule has 18 heavy (non-hydrogen) atoms.